The second kappa shape index (κ2) is 8.63. The van der Waals surface area contributed by atoms with Crippen LogP contribution in [0, 0.1) is 23.4 Å². The van der Waals surface area contributed by atoms with Crippen molar-refractivity contribution in [3.05, 3.63) is 35.1 Å². The summed E-state index contributed by atoms with van der Waals surface area (Å²) in [5, 5.41) is 0. The van der Waals surface area contributed by atoms with Crippen molar-refractivity contribution >= 4 is 15.7 Å². The molecule has 0 saturated carbocycles. The molecule has 0 unspecified atom stereocenters. The standard InChI is InChI=1S/C20H27F3N2O3S/c1-2-29(27,28)6-5-20(26)25-14-3-4-15(25)8-13(7-14)19(24)10-12-9-17(22)18(23)11-16(12)21/h9,11,13-15,19H,2-8,10,24H2,1H3/t13-,14-,15+,19-/m1/s1. The third-order valence-corrected chi connectivity index (χ3v) is 7.98. The van der Waals surface area contributed by atoms with Crippen LogP contribution < -0.4 is 5.73 Å². The quantitative estimate of drug-likeness (QED) is 0.672. The van der Waals surface area contributed by atoms with Crippen LogP contribution in [-0.4, -0.2) is 48.9 Å². The van der Waals surface area contributed by atoms with Crippen molar-refractivity contribution in [2.75, 3.05) is 11.5 Å². The minimum absolute atomic E-state index is 0.00330. The number of nitrogens with two attached hydrogens (primary N) is 1. The number of rotatable bonds is 7. The van der Waals surface area contributed by atoms with Crippen molar-refractivity contribution in [3.63, 3.8) is 0 Å². The topological polar surface area (TPSA) is 80.5 Å². The van der Waals surface area contributed by atoms with E-state index < -0.39 is 33.3 Å². The Morgan fingerprint density at radius 1 is 1.14 bits per heavy atom. The van der Waals surface area contributed by atoms with Gasteiger partial charge in [0, 0.05) is 36.4 Å². The maximum absolute atomic E-state index is 13.9. The first-order valence-corrected chi connectivity index (χ1v) is 11.8. The average Bonchev–Trinajstić information content (AvgIpc) is 2.93. The molecule has 9 heteroatoms. The summed E-state index contributed by atoms with van der Waals surface area (Å²) in [6.07, 6.45) is 3.04. The highest BCUT2D eigenvalue weighted by Gasteiger charge is 2.44. The van der Waals surface area contributed by atoms with Gasteiger partial charge >= 0.3 is 0 Å². The van der Waals surface area contributed by atoms with Crippen LogP contribution in [-0.2, 0) is 21.1 Å². The Morgan fingerprint density at radius 2 is 1.72 bits per heavy atom. The molecular formula is C20H27F3N2O3S. The van der Waals surface area contributed by atoms with E-state index in [1.165, 1.54) is 0 Å². The van der Waals surface area contributed by atoms with E-state index in [4.69, 9.17) is 5.73 Å². The molecule has 1 amide bonds. The van der Waals surface area contributed by atoms with Gasteiger partial charge in [0.1, 0.15) is 5.82 Å². The zero-order chi connectivity index (χ0) is 21.3. The molecule has 1 aromatic rings. The number of halogens is 3. The van der Waals surface area contributed by atoms with E-state index in [-0.39, 0.29) is 53.8 Å². The van der Waals surface area contributed by atoms with Crippen molar-refractivity contribution in [3.8, 4) is 0 Å². The molecule has 0 aromatic heterocycles. The number of carbonyl (C=O) groups is 1. The molecule has 0 aliphatic carbocycles. The van der Waals surface area contributed by atoms with Crippen molar-refractivity contribution in [2.24, 2.45) is 11.7 Å². The van der Waals surface area contributed by atoms with Crippen molar-refractivity contribution in [2.45, 2.75) is 63.6 Å². The second-order valence-corrected chi connectivity index (χ2v) is 10.6. The van der Waals surface area contributed by atoms with Gasteiger partial charge in [-0.2, -0.15) is 0 Å². The van der Waals surface area contributed by atoms with Gasteiger partial charge in [-0.05, 0) is 49.7 Å². The smallest absolute Gasteiger partial charge is 0.224 e. The van der Waals surface area contributed by atoms with E-state index in [0.29, 0.717) is 18.9 Å². The summed E-state index contributed by atoms with van der Waals surface area (Å²) in [4.78, 5) is 14.4. The van der Waals surface area contributed by atoms with E-state index >= 15 is 0 Å². The second-order valence-electron chi connectivity index (χ2n) is 8.13. The number of carbonyl (C=O) groups excluding carboxylic acids is 1. The predicted molar refractivity (Wildman–Crippen MR) is 103 cm³/mol. The predicted octanol–water partition coefficient (Wildman–Crippen LogP) is 2.57. The molecule has 5 nitrogen and oxygen atoms in total. The van der Waals surface area contributed by atoms with Crippen LogP contribution in [0.15, 0.2) is 12.1 Å². The fraction of sp³-hybridized carbons (Fsp3) is 0.650. The molecule has 2 aliphatic heterocycles. The number of amides is 1. The lowest BCUT2D eigenvalue weighted by Crippen LogP contribution is -2.50. The summed E-state index contributed by atoms with van der Waals surface area (Å²) in [5.41, 5.74) is 6.33. The molecule has 2 heterocycles. The first-order chi connectivity index (χ1) is 13.6. The number of benzene rings is 1. The molecule has 2 fully saturated rings. The molecule has 2 bridgehead atoms. The molecule has 4 atom stereocenters. The first kappa shape index (κ1) is 22.1. The van der Waals surface area contributed by atoms with Crippen LogP contribution in [0.2, 0.25) is 0 Å². The van der Waals surface area contributed by atoms with E-state index in [9.17, 15) is 26.4 Å². The highest BCUT2D eigenvalue weighted by molar-refractivity contribution is 7.91. The van der Waals surface area contributed by atoms with Gasteiger partial charge in [0.05, 0.1) is 5.75 Å². The van der Waals surface area contributed by atoms with Crippen LogP contribution in [0.25, 0.3) is 0 Å². The molecule has 3 rings (SSSR count). The van der Waals surface area contributed by atoms with Crippen molar-refractivity contribution < 1.29 is 26.4 Å². The first-order valence-electron chi connectivity index (χ1n) is 10.0. The summed E-state index contributed by atoms with van der Waals surface area (Å²) in [5.74, 6) is -3.38. The van der Waals surface area contributed by atoms with Crippen LogP contribution in [0.1, 0.15) is 44.6 Å². The fourth-order valence-corrected chi connectivity index (χ4v) is 5.41. The number of piperidine rings is 1. The van der Waals surface area contributed by atoms with Gasteiger partial charge in [-0.15, -0.1) is 0 Å². The summed E-state index contributed by atoms with van der Waals surface area (Å²) >= 11 is 0. The summed E-state index contributed by atoms with van der Waals surface area (Å²) in [6, 6.07) is 0.946. The van der Waals surface area contributed by atoms with E-state index in [1.54, 1.807) is 6.92 Å². The Hall–Kier alpha value is -1.61. The summed E-state index contributed by atoms with van der Waals surface area (Å²) < 4.78 is 63.9. The number of hydrogen-bond acceptors (Lipinski definition) is 4. The Labute approximate surface area is 169 Å². The van der Waals surface area contributed by atoms with Crippen LogP contribution in [0.3, 0.4) is 0 Å². The van der Waals surface area contributed by atoms with Gasteiger partial charge in [-0.1, -0.05) is 6.92 Å². The molecule has 0 radical (unpaired) electrons. The number of hydrogen-bond donors (Lipinski definition) is 1. The molecule has 162 valence electrons. The zero-order valence-electron chi connectivity index (χ0n) is 16.4. The van der Waals surface area contributed by atoms with Gasteiger partial charge in [0.25, 0.3) is 0 Å². The van der Waals surface area contributed by atoms with E-state index in [1.807, 2.05) is 4.90 Å². The van der Waals surface area contributed by atoms with E-state index in [2.05, 4.69) is 0 Å². The van der Waals surface area contributed by atoms with Gasteiger partial charge < -0.3 is 10.6 Å². The van der Waals surface area contributed by atoms with Crippen molar-refractivity contribution in [1.29, 1.82) is 0 Å². The monoisotopic (exact) mass is 432 g/mol. The highest BCUT2D eigenvalue weighted by atomic mass is 32.2. The lowest BCUT2D eigenvalue weighted by molar-refractivity contribution is -0.136. The van der Waals surface area contributed by atoms with Gasteiger partial charge in [0.15, 0.2) is 21.5 Å². The normalized spacial score (nSPS) is 25.3. The molecule has 2 aliphatic rings. The Kier molecular flexibility index (Phi) is 6.57. The largest absolute Gasteiger partial charge is 0.337 e. The Balaban J connectivity index is 1.62. The van der Waals surface area contributed by atoms with E-state index in [0.717, 1.165) is 18.9 Å². The lowest BCUT2D eigenvalue weighted by Gasteiger charge is -2.41. The summed E-state index contributed by atoms with van der Waals surface area (Å²) in [7, 11) is -3.20. The molecule has 29 heavy (non-hydrogen) atoms. The third kappa shape index (κ3) is 4.94. The molecular weight excluding hydrogens is 405 g/mol. The van der Waals surface area contributed by atoms with Gasteiger partial charge in [0.2, 0.25) is 5.91 Å². The third-order valence-electron chi connectivity index (χ3n) is 6.27. The Morgan fingerprint density at radius 3 is 2.31 bits per heavy atom. The number of fused-ring (bicyclic) bond motifs is 2. The van der Waals surface area contributed by atoms with Crippen LogP contribution >= 0.6 is 0 Å². The van der Waals surface area contributed by atoms with Crippen LogP contribution in [0.5, 0.6) is 0 Å². The SMILES string of the molecule is CCS(=O)(=O)CCC(=O)N1[C@@H]2CC[C@H]1C[C@H]([C@H](N)Cc1cc(F)c(F)cc1F)C2. The van der Waals surface area contributed by atoms with Crippen molar-refractivity contribution in [1.82, 2.24) is 4.90 Å². The maximum Gasteiger partial charge on any atom is 0.224 e. The zero-order valence-corrected chi connectivity index (χ0v) is 17.2. The summed E-state index contributed by atoms with van der Waals surface area (Å²) in [6.45, 7) is 1.56. The minimum atomic E-state index is -3.20. The fourth-order valence-electron chi connectivity index (χ4n) is 4.63. The molecule has 2 N–H and O–H groups in total. The maximum atomic E-state index is 13.9. The van der Waals surface area contributed by atoms with Crippen LogP contribution in [0.4, 0.5) is 13.2 Å². The molecule has 0 spiro atoms. The van der Waals surface area contributed by atoms with Gasteiger partial charge in [-0.3, -0.25) is 4.79 Å². The molecule has 1 aromatic carbocycles. The Bertz CT molecular complexity index is 864. The lowest BCUT2D eigenvalue weighted by atomic mass is 9.82. The number of sulfone groups is 1. The highest BCUT2D eigenvalue weighted by Crippen LogP contribution is 2.40. The minimum Gasteiger partial charge on any atom is -0.337 e. The molecule has 2 saturated heterocycles. The average molecular weight is 433 g/mol. The number of nitrogens with zero attached hydrogens (tertiary/aromatic N) is 1. The van der Waals surface area contributed by atoms with Gasteiger partial charge in [-0.25, -0.2) is 21.6 Å².